The Balaban J connectivity index is 0.00000150. The number of para-hydroxylation sites is 1. The Morgan fingerprint density at radius 1 is 1.17 bits per heavy atom. The Morgan fingerprint density at radius 3 is 2.62 bits per heavy atom. The molecule has 0 bridgehead atoms. The highest BCUT2D eigenvalue weighted by Gasteiger charge is 2.29. The van der Waals surface area contributed by atoms with Crippen molar-refractivity contribution in [2.24, 2.45) is 0 Å². The van der Waals surface area contributed by atoms with Crippen LogP contribution in [0.5, 0.6) is 0 Å². The minimum Gasteiger partial charge on any atom is -0.359 e. The summed E-state index contributed by atoms with van der Waals surface area (Å²) >= 11 is 1.71. The molecule has 1 aromatic heterocycles. The number of amides is 1. The number of benzene rings is 1. The van der Waals surface area contributed by atoms with Gasteiger partial charge in [0.25, 0.3) is 0 Å². The zero-order valence-electron chi connectivity index (χ0n) is 16.2. The lowest BCUT2D eigenvalue weighted by Crippen LogP contribution is -2.45. The average Bonchev–Trinajstić information content (AvgIpc) is 3.33. The standard InChI is InChI=1S/C20H25N5OS.2ClH/c21-12-16-4-3-11-25(16)19(26)13-22-14-7-9-15(10-8-14)23-20-24-17-5-1-2-6-18(17)27-20;;/h1-2,5-6,14-16,22H,3-4,7-11,13H2,(H,23,24);2*1H/t14?,15?,16-;;/m0../s1. The molecule has 1 aromatic carbocycles. The summed E-state index contributed by atoms with van der Waals surface area (Å²) in [6, 6.07) is 11.0. The van der Waals surface area contributed by atoms with Crippen LogP contribution in [0.3, 0.4) is 0 Å². The van der Waals surface area contributed by atoms with E-state index in [2.05, 4.69) is 27.8 Å². The van der Waals surface area contributed by atoms with Gasteiger partial charge in [-0.3, -0.25) is 4.79 Å². The van der Waals surface area contributed by atoms with E-state index >= 15 is 0 Å². The number of nitrogens with zero attached hydrogens (tertiary/aromatic N) is 3. The van der Waals surface area contributed by atoms with Crippen molar-refractivity contribution in [3.05, 3.63) is 24.3 Å². The molecule has 9 heteroatoms. The van der Waals surface area contributed by atoms with Gasteiger partial charge in [-0.25, -0.2) is 4.98 Å². The predicted molar refractivity (Wildman–Crippen MR) is 122 cm³/mol. The molecular weight excluding hydrogens is 429 g/mol. The lowest BCUT2D eigenvalue weighted by molar-refractivity contribution is -0.130. The quantitative estimate of drug-likeness (QED) is 0.712. The third-order valence-corrected chi connectivity index (χ3v) is 6.58. The van der Waals surface area contributed by atoms with Gasteiger partial charge in [-0.1, -0.05) is 23.5 Å². The van der Waals surface area contributed by atoms with Crippen LogP contribution in [0.2, 0.25) is 0 Å². The number of carbonyl (C=O) groups is 1. The summed E-state index contributed by atoms with van der Waals surface area (Å²) < 4.78 is 1.21. The summed E-state index contributed by atoms with van der Waals surface area (Å²) in [4.78, 5) is 18.7. The highest BCUT2D eigenvalue weighted by atomic mass is 35.5. The summed E-state index contributed by atoms with van der Waals surface area (Å²) in [7, 11) is 0. The Morgan fingerprint density at radius 2 is 1.90 bits per heavy atom. The first-order chi connectivity index (χ1) is 13.2. The van der Waals surface area contributed by atoms with Crippen molar-refractivity contribution in [2.45, 2.75) is 56.7 Å². The molecule has 0 unspecified atom stereocenters. The van der Waals surface area contributed by atoms with Crippen LogP contribution in [-0.2, 0) is 4.79 Å². The molecule has 1 saturated carbocycles. The second-order valence-corrected chi connectivity index (χ2v) is 8.47. The zero-order valence-corrected chi connectivity index (χ0v) is 18.6. The molecule has 0 radical (unpaired) electrons. The molecule has 29 heavy (non-hydrogen) atoms. The number of fused-ring (bicyclic) bond motifs is 1. The molecular formula is C20H27Cl2N5OS. The van der Waals surface area contributed by atoms with Crippen LogP contribution in [0.25, 0.3) is 10.2 Å². The molecule has 4 rings (SSSR count). The van der Waals surface area contributed by atoms with Crippen molar-refractivity contribution in [3.63, 3.8) is 0 Å². The van der Waals surface area contributed by atoms with E-state index in [1.54, 1.807) is 16.2 Å². The highest BCUT2D eigenvalue weighted by Crippen LogP contribution is 2.28. The van der Waals surface area contributed by atoms with Gasteiger partial charge >= 0.3 is 0 Å². The van der Waals surface area contributed by atoms with E-state index in [1.807, 2.05) is 18.2 Å². The number of carbonyl (C=O) groups excluding carboxylic acids is 1. The molecule has 2 fully saturated rings. The van der Waals surface area contributed by atoms with Crippen molar-refractivity contribution in [3.8, 4) is 6.07 Å². The fraction of sp³-hybridized carbons (Fsp3) is 0.550. The van der Waals surface area contributed by atoms with E-state index in [4.69, 9.17) is 5.26 Å². The van der Waals surface area contributed by atoms with Gasteiger partial charge in [0, 0.05) is 18.6 Å². The number of likely N-dealkylation sites (tertiary alicyclic amines) is 1. The van der Waals surface area contributed by atoms with Crippen LogP contribution < -0.4 is 10.6 Å². The zero-order chi connectivity index (χ0) is 18.6. The van der Waals surface area contributed by atoms with Gasteiger partial charge in [-0.05, 0) is 50.7 Å². The molecule has 2 aliphatic rings. The van der Waals surface area contributed by atoms with Crippen molar-refractivity contribution in [1.82, 2.24) is 15.2 Å². The summed E-state index contributed by atoms with van der Waals surface area (Å²) in [5.74, 6) is 0.0637. The van der Waals surface area contributed by atoms with Gasteiger partial charge in [-0.15, -0.1) is 24.8 Å². The minimum atomic E-state index is -0.229. The number of anilines is 1. The van der Waals surface area contributed by atoms with E-state index in [0.717, 1.165) is 55.7 Å². The number of nitriles is 1. The van der Waals surface area contributed by atoms with Crippen molar-refractivity contribution in [2.75, 3.05) is 18.4 Å². The van der Waals surface area contributed by atoms with Crippen LogP contribution in [0.15, 0.2) is 24.3 Å². The first-order valence-electron chi connectivity index (χ1n) is 9.77. The molecule has 158 valence electrons. The van der Waals surface area contributed by atoms with Gasteiger partial charge in [0.2, 0.25) is 5.91 Å². The lowest BCUT2D eigenvalue weighted by Gasteiger charge is -2.30. The third-order valence-electron chi connectivity index (χ3n) is 5.61. The van der Waals surface area contributed by atoms with Gasteiger partial charge in [0.1, 0.15) is 6.04 Å². The van der Waals surface area contributed by atoms with Crippen LogP contribution in [0.4, 0.5) is 5.13 Å². The second kappa shape index (κ2) is 11.0. The van der Waals surface area contributed by atoms with Crippen LogP contribution in [0, 0.1) is 11.3 Å². The largest absolute Gasteiger partial charge is 0.359 e. The van der Waals surface area contributed by atoms with E-state index in [-0.39, 0.29) is 36.8 Å². The Labute approximate surface area is 187 Å². The second-order valence-electron chi connectivity index (χ2n) is 7.43. The van der Waals surface area contributed by atoms with Crippen LogP contribution >= 0.6 is 36.2 Å². The maximum atomic E-state index is 12.3. The number of halogens is 2. The average molecular weight is 456 g/mol. The van der Waals surface area contributed by atoms with E-state index in [0.29, 0.717) is 18.6 Å². The first-order valence-corrected chi connectivity index (χ1v) is 10.6. The fourth-order valence-electron chi connectivity index (χ4n) is 4.08. The van der Waals surface area contributed by atoms with Crippen LogP contribution in [-0.4, -0.2) is 47.0 Å². The highest BCUT2D eigenvalue weighted by molar-refractivity contribution is 7.22. The topological polar surface area (TPSA) is 81.0 Å². The normalized spacial score (nSPS) is 23.7. The Kier molecular flexibility index (Phi) is 8.97. The molecule has 1 atom stereocenters. The maximum Gasteiger partial charge on any atom is 0.237 e. The molecule has 1 amide bonds. The third kappa shape index (κ3) is 5.73. The summed E-state index contributed by atoms with van der Waals surface area (Å²) in [6.45, 7) is 1.07. The molecule has 6 nitrogen and oxygen atoms in total. The molecule has 2 N–H and O–H groups in total. The van der Waals surface area contributed by atoms with Gasteiger partial charge in [0.15, 0.2) is 5.13 Å². The summed E-state index contributed by atoms with van der Waals surface area (Å²) in [5, 5.41) is 17.1. The fourth-order valence-corrected chi connectivity index (χ4v) is 5.03. The van der Waals surface area contributed by atoms with Crippen molar-refractivity contribution in [1.29, 1.82) is 5.26 Å². The monoisotopic (exact) mass is 455 g/mol. The molecule has 2 aromatic rings. The Bertz CT molecular complexity index is 814. The van der Waals surface area contributed by atoms with Crippen LogP contribution in [0.1, 0.15) is 38.5 Å². The Hall–Kier alpha value is -1.59. The molecule has 0 spiro atoms. The first kappa shape index (κ1) is 23.7. The molecule has 2 heterocycles. The molecule has 1 aliphatic carbocycles. The summed E-state index contributed by atoms with van der Waals surface area (Å²) in [6.07, 6.45) is 6.00. The van der Waals surface area contributed by atoms with E-state index in [9.17, 15) is 4.79 Å². The number of hydrogen-bond acceptors (Lipinski definition) is 6. The van der Waals surface area contributed by atoms with E-state index in [1.165, 1.54) is 4.70 Å². The predicted octanol–water partition coefficient (Wildman–Crippen LogP) is 3.97. The van der Waals surface area contributed by atoms with Gasteiger partial charge in [-0.2, -0.15) is 5.26 Å². The maximum absolute atomic E-state index is 12.3. The summed E-state index contributed by atoms with van der Waals surface area (Å²) in [5.41, 5.74) is 1.05. The smallest absolute Gasteiger partial charge is 0.237 e. The van der Waals surface area contributed by atoms with E-state index < -0.39 is 0 Å². The van der Waals surface area contributed by atoms with Gasteiger partial charge < -0.3 is 15.5 Å². The number of rotatable bonds is 5. The number of nitrogens with one attached hydrogen (secondary N) is 2. The number of thiazole rings is 1. The SMILES string of the molecule is Cl.Cl.N#C[C@@H]1CCCN1C(=O)CNC1CCC(Nc2nc3ccccc3s2)CC1. The van der Waals surface area contributed by atoms with Crippen molar-refractivity contribution >= 4 is 57.4 Å². The number of aromatic nitrogens is 1. The minimum absolute atomic E-state index is 0. The molecule has 1 saturated heterocycles. The van der Waals surface area contributed by atoms with Gasteiger partial charge in [0.05, 0.1) is 22.8 Å². The van der Waals surface area contributed by atoms with Crippen molar-refractivity contribution < 1.29 is 4.79 Å². The molecule has 1 aliphatic heterocycles. The number of hydrogen-bond donors (Lipinski definition) is 2. The lowest BCUT2D eigenvalue weighted by atomic mass is 9.91.